The molecule has 0 fully saturated rings. The molecular formula is C10H12F3N. The van der Waals surface area contributed by atoms with Crippen molar-refractivity contribution < 1.29 is 13.2 Å². The van der Waals surface area contributed by atoms with Crippen LogP contribution in [0, 0.1) is 0 Å². The van der Waals surface area contributed by atoms with Gasteiger partial charge in [0.2, 0.25) is 0 Å². The fraction of sp³-hybridized carbons (Fsp3) is 0.400. The number of rotatable bonds is 2. The third-order valence-corrected chi connectivity index (χ3v) is 1.91. The summed E-state index contributed by atoms with van der Waals surface area (Å²) >= 11 is 0. The summed E-state index contributed by atoms with van der Waals surface area (Å²) in [6.45, 7) is 0.617. The van der Waals surface area contributed by atoms with Crippen LogP contribution >= 0.6 is 0 Å². The molecule has 0 aromatic carbocycles. The molecule has 0 bridgehead atoms. The Kier molecular flexibility index (Phi) is 3.52. The van der Waals surface area contributed by atoms with Gasteiger partial charge in [-0.05, 0) is 13.5 Å². The molecule has 1 aliphatic carbocycles. The van der Waals surface area contributed by atoms with E-state index in [0.29, 0.717) is 13.0 Å². The molecule has 0 unspecified atom stereocenters. The van der Waals surface area contributed by atoms with Crippen molar-refractivity contribution in [3.63, 3.8) is 0 Å². The molecule has 14 heavy (non-hydrogen) atoms. The summed E-state index contributed by atoms with van der Waals surface area (Å²) in [6.07, 6.45) is 1.63. The van der Waals surface area contributed by atoms with Gasteiger partial charge in [0.1, 0.15) is 0 Å². The maximum atomic E-state index is 12.3. The smallest absolute Gasteiger partial charge is 0.316 e. The van der Waals surface area contributed by atoms with Gasteiger partial charge >= 0.3 is 6.18 Å². The van der Waals surface area contributed by atoms with Gasteiger partial charge in [-0.2, -0.15) is 13.2 Å². The van der Waals surface area contributed by atoms with E-state index in [1.165, 1.54) is 12.2 Å². The first kappa shape index (κ1) is 11.0. The molecule has 0 heterocycles. The average Bonchev–Trinajstić information content (AvgIpc) is 2.29. The van der Waals surface area contributed by atoms with E-state index < -0.39 is 11.7 Å². The lowest BCUT2D eigenvalue weighted by Gasteiger charge is -2.04. The maximum Gasteiger partial charge on any atom is 0.416 e. The number of halogens is 3. The lowest BCUT2D eigenvalue weighted by Crippen LogP contribution is -2.10. The number of hydrogen-bond acceptors (Lipinski definition) is 1. The van der Waals surface area contributed by atoms with Crippen molar-refractivity contribution in [3.05, 3.63) is 35.5 Å². The van der Waals surface area contributed by atoms with Crippen molar-refractivity contribution in [2.24, 2.45) is 0 Å². The average molecular weight is 203 g/mol. The van der Waals surface area contributed by atoms with E-state index >= 15 is 0 Å². The molecule has 1 N–H and O–H groups in total. The van der Waals surface area contributed by atoms with Crippen LogP contribution in [0.25, 0.3) is 0 Å². The van der Waals surface area contributed by atoms with Crippen LogP contribution in [0.2, 0.25) is 0 Å². The predicted octanol–water partition coefficient (Wildman–Crippen LogP) is 2.58. The van der Waals surface area contributed by atoms with Crippen LogP contribution in [0.4, 0.5) is 13.2 Å². The van der Waals surface area contributed by atoms with Crippen molar-refractivity contribution >= 4 is 0 Å². The second-order valence-corrected chi connectivity index (χ2v) is 3.08. The van der Waals surface area contributed by atoms with Crippen molar-refractivity contribution in [1.29, 1.82) is 0 Å². The van der Waals surface area contributed by atoms with Crippen LogP contribution in [0.5, 0.6) is 0 Å². The Hall–Kier alpha value is -1.03. The lowest BCUT2D eigenvalue weighted by atomic mass is 10.2. The van der Waals surface area contributed by atoms with Crippen LogP contribution in [-0.2, 0) is 0 Å². The van der Waals surface area contributed by atoms with Crippen molar-refractivity contribution in [2.45, 2.75) is 12.6 Å². The fourth-order valence-electron chi connectivity index (χ4n) is 1.22. The van der Waals surface area contributed by atoms with Crippen LogP contribution in [0.1, 0.15) is 6.42 Å². The highest BCUT2D eigenvalue weighted by Gasteiger charge is 2.31. The van der Waals surface area contributed by atoms with E-state index in [1.807, 2.05) is 0 Å². The van der Waals surface area contributed by atoms with Crippen LogP contribution < -0.4 is 5.32 Å². The molecule has 0 aliphatic heterocycles. The van der Waals surface area contributed by atoms with Gasteiger partial charge in [-0.15, -0.1) is 0 Å². The Labute approximate surface area is 81.0 Å². The minimum Gasteiger partial charge on any atom is -0.316 e. The molecule has 0 aromatic heterocycles. The second-order valence-electron chi connectivity index (χ2n) is 3.08. The molecular weight excluding hydrogens is 191 g/mol. The molecule has 0 aromatic rings. The standard InChI is InChI=1S/C10H12F3N/c1-14-7-8-3-2-4-9(6-5-8)10(11,12)13/h2,4-6,14H,3,7H2,1H3. The highest BCUT2D eigenvalue weighted by atomic mass is 19.4. The Bertz CT molecular complexity index is 284. The molecule has 4 heteroatoms. The third-order valence-electron chi connectivity index (χ3n) is 1.91. The minimum atomic E-state index is -4.25. The number of nitrogens with one attached hydrogen (secondary N) is 1. The quantitative estimate of drug-likeness (QED) is 0.727. The van der Waals surface area contributed by atoms with Crippen LogP contribution in [0.3, 0.4) is 0 Å². The fourth-order valence-corrected chi connectivity index (χ4v) is 1.22. The summed E-state index contributed by atoms with van der Waals surface area (Å²) in [6, 6.07) is 0. The van der Waals surface area contributed by atoms with Crippen molar-refractivity contribution in [2.75, 3.05) is 13.6 Å². The van der Waals surface area contributed by atoms with E-state index in [9.17, 15) is 13.2 Å². The van der Waals surface area contributed by atoms with Gasteiger partial charge < -0.3 is 5.32 Å². The van der Waals surface area contributed by atoms with Gasteiger partial charge in [-0.25, -0.2) is 0 Å². The molecule has 1 aliphatic rings. The molecule has 1 rings (SSSR count). The predicted molar refractivity (Wildman–Crippen MR) is 49.9 cm³/mol. The first-order chi connectivity index (χ1) is 6.54. The van der Waals surface area contributed by atoms with Crippen LogP contribution in [-0.4, -0.2) is 19.8 Å². The van der Waals surface area contributed by atoms with E-state index in [0.717, 1.165) is 17.7 Å². The monoisotopic (exact) mass is 203 g/mol. The molecule has 0 spiro atoms. The molecule has 0 atom stereocenters. The lowest BCUT2D eigenvalue weighted by molar-refractivity contribution is -0.0881. The van der Waals surface area contributed by atoms with Gasteiger partial charge in [-0.3, -0.25) is 0 Å². The normalized spacial score (nSPS) is 17.4. The molecule has 1 nitrogen and oxygen atoms in total. The molecule has 78 valence electrons. The zero-order chi connectivity index (χ0) is 10.6. The largest absolute Gasteiger partial charge is 0.416 e. The summed E-state index contributed by atoms with van der Waals surface area (Å²) in [5, 5.41) is 2.91. The summed E-state index contributed by atoms with van der Waals surface area (Å²) in [5.74, 6) is 0. The summed E-state index contributed by atoms with van der Waals surface area (Å²) in [4.78, 5) is 0. The van der Waals surface area contributed by atoms with Gasteiger partial charge in [0.25, 0.3) is 0 Å². The van der Waals surface area contributed by atoms with Crippen LogP contribution in [0.15, 0.2) is 35.5 Å². The maximum absolute atomic E-state index is 12.3. The van der Waals surface area contributed by atoms with E-state index in [-0.39, 0.29) is 0 Å². The third kappa shape index (κ3) is 3.03. The number of allylic oxidation sites excluding steroid dienone is 5. The van der Waals surface area contributed by atoms with Crippen molar-refractivity contribution in [3.8, 4) is 0 Å². The van der Waals surface area contributed by atoms with E-state index in [2.05, 4.69) is 5.32 Å². The summed E-state index contributed by atoms with van der Waals surface area (Å²) in [7, 11) is 1.77. The first-order valence-corrected chi connectivity index (χ1v) is 4.32. The first-order valence-electron chi connectivity index (χ1n) is 4.32. The van der Waals surface area contributed by atoms with Gasteiger partial charge in [-0.1, -0.05) is 29.9 Å². The SMILES string of the molecule is CNCC1=CC=C(C(F)(F)F)C=CC1. The molecule has 0 saturated heterocycles. The Balaban J connectivity index is 2.81. The Morgan fingerprint density at radius 2 is 2.07 bits per heavy atom. The number of hydrogen-bond donors (Lipinski definition) is 1. The zero-order valence-electron chi connectivity index (χ0n) is 7.86. The Morgan fingerprint density at radius 1 is 1.36 bits per heavy atom. The van der Waals surface area contributed by atoms with Gasteiger partial charge in [0, 0.05) is 6.54 Å². The zero-order valence-corrected chi connectivity index (χ0v) is 7.86. The summed E-state index contributed by atoms with van der Waals surface area (Å²) < 4.78 is 36.8. The van der Waals surface area contributed by atoms with Crippen molar-refractivity contribution in [1.82, 2.24) is 5.32 Å². The molecule has 0 saturated carbocycles. The molecule has 0 radical (unpaired) electrons. The molecule has 0 amide bonds. The number of likely N-dealkylation sites (N-methyl/N-ethyl adjacent to an activating group) is 1. The van der Waals surface area contributed by atoms with E-state index in [1.54, 1.807) is 7.05 Å². The Morgan fingerprint density at radius 3 is 2.64 bits per heavy atom. The highest BCUT2D eigenvalue weighted by molar-refractivity contribution is 5.34. The topological polar surface area (TPSA) is 12.0 Å². The van der Waals surface area contributed by atoms with E-state index in [4.69, 9.17) is 0 Å². The van der Waals surface area contributed by atoms with Gasteiger partial charge in [0.15, 0.2) is 0 Å². The second kappa shape index (κ2) is 4.46. The summed E-state index contributed by atoms with van der Waals surface area (Å²) in [5.41, 5.74) is 0.353. The minimum absolute atomic E-state index is 0.566. The van der Waals surface area contributed by atoms with Gasteiger partial charge in [0.05, 0.1) is 5.57 Å². The highest BCUT2D eigenvalue weighted by Crippen LogP contribution is 2.28. The number of alkyl halides is 3.